The molecule has 0 spiro atoms. The maximum absolute atomic E-state index is 12.7. The van der Waals surface area contributed by atoms with Crippen LogP contribution in [0.4, 0.5) is 5.82 Å². The van der Waals surface area contributed by atoms with Crippen LogP contribution in [0.3, 0.4) is 0 Å². The number of hydrogen-bond acceptors (Lipinski definition) is 8. The number of nitrogens with zero attached hydrogens (tertiary/aromatic N) is 6. The van der Waals surface area contributed by atoms with E-state index in [1.807, 2.05) is 38.1 Å². The van der Waals surface area contributed by atoms with Gasteiger partial charge in [0.25, 0.3) is 0 Å². The van der Waals surface area contributed by atoms with Crippen LogP contribution in [-0.4, -0.2) is 54.9 Å². The molecule has 2 N–H and O–H groups in total. The summed E-state index contributed by atoms with van der Waals surface area (Å²) in [5.41, 5.74) is 3.70. The molecular weight excluding hydrogens is 428 g/mol. The number of carbonyl (C=O) groups excluding carboxylic acids is 1. The molecule has 0 saturated carbocycles. The number of fused-ring (bicyclic) bond motifs is 1. The Hall–Kier alpha value is -3.72. The molecule has 0 radical (unpaired) electrons. The van der Waals surface area contributed by atoms with E-state index < -0.39 is 0 Å². The highest BCUT2D eigenvalue weighted by Gasteiger charge is 2.15. The van der Waals surface area contributed by atoms with Crippen LogP contribution < -0.4 is 10.6 Å². The second kappa shape index (κ2) is 9.64. The number of nitrogens with one attached hydrogen (secondary N) is 2. The minimum absolute atomic E-state index is 0.0285. The predicted molar refractivity (Wildman–Crippen MR) is 131 cm³/mol. The first-order valence-corrected chi connectivity index (χ1v) is 11.7. The van der Waals surface area contributed by atoms with Crippen molar-refractivity contribution in [3.63, 3.8) is 0 Å². The summed E-state index contributed by atoms with van der Waals surface area (Å²) in [6.07, 6.45) is 9.23. The second-order valence-electron chi connectivity index (χ2n) is 8.97. The third-order valence-corrected chi connectivity index (χ3v) is 6.05. The van der Waals surface area contributed by atoms with Crippen molar-refractivity contribution >= 4 is 22.5 Å². The van der Waals surface area contributed by atoms with Gasteiger partial charge in [0.15, 0.2) is 5.78 Å². The lowest BCUT2D eigenvalue weighted by Crippen LogP contribution is -2.35. The smallest absolute Gasteiger partial charge is 0.172 e. The fourth-order valence-corrected chi connectivity index (χ4v) is 4.11. The van der Waals surface area contributed by atoms with Gasteiger partial charge in [0.2, 0.25) is 0 Å². The van der Waals surface area contributed by atoms with Gasteiger partial charge < -0.3 is 10.6 Å². The summed E-state index contributed by atoms with van der Waals surface area (Å²) in [4.78, 5) is 21.9. The van der Waals surface area contributed by atoms with E-state index in [-0.39, 0.29) is 18.2 Å². The number of rotatable bonds is 7. The van der Waals surface area contributed by atoms with Gasteiger partial charge in [-0.15, -0.1) is 0 Å². The summed E-state index contributed by atoms with van der Waals surface area (Å²) in [6.45, 7) is 6.08. The van der Waals surface area contributed by atoms with E-state index in [9.17, 15) is 4.79 Å². The second-order valence-corrected chi connectivity index (χ2v) is 8.97. The van der Waals surface area contributed by atoms with E-state index in [0.717, 1.165) is 53.9 Å². The summed E-state index contributed by atoms with van der Waals surface area (Å²) < 4.78 is 1.78. The molecule has 4 aromatic rings. The molecule has 9 heteroatoms. The van der Waals surface area contributed by atoms with Crippen LogP contribution in [0.25, 0.3) is 22.2 Å². The van der Waals surface area contributed by atoms with Crippen molar-refractivity contribution in [2.24, 2.45) is 0 Å². The lowest BCUT2D eigenvalue weighted by atomic mass is 10.1. The average molecular weight is 457 g/mol. The molecule has 4 heterocycles. The van der Waals surface area contributed by atoms with Gasteiger partial charge >= 0.3 is 0 Å². The lowest BCUT2D eigenvalue weighted by Gasteiger charge is -2.24. The van der Waals surface area contributed by atoms with Gasteiger partial charge in [-0.3, -0.25) is 14.5 Å². The first-order chi connectivity index (χ1) is 16.5. The van der Waals surface area contributed by atoms with E-state index >= 15 is 0 Å². The van der Waals surface area contributed by atoms with Gasteiger partial charge in [0, 0.05) is 29.2 Å². The van der Waals surface area contributed by atoms with E-state index in [1.165, 1.54) is 0 Å². The Kier molecular flexibility index (Phi) is 6.27. The topological polar surface area (TPSA) is 111 Å². The van der Waals surface area contributed by atoms with Crippen LogP contribution in [0.2, 0.25) is 0 Å². The number of piperidine rings is 1. The Bertz CT molecular complexity index is 1310. The Morgan fingerprint density at radius 1 is 1.15 bits per heavy atom. The molecule has 1 aliphatic heterocycles. The highest BCUT2D eigenvalue weighted by atomic mass is 16.1. The van der Waals surface area contributed by atoms with E-state index in [2.05, 4.69) is 30.9 Å². The predicted octanol–water partition coefficient (Wildman–Crippen LogP) is 3.45. The van der Waals surface area contributed by atoms with Crippen molar-refractivity contribution in [1.82, 2.24) is 35.3 Å². The zero-order valence-electron chi connectivity index (χ0n) is 19.4. The summed E-state index contributed by atoms with van der Waals surface area (Å²) in [5, 5.41) is 20.6. The highest BCUT2D eigenvalue weighted by molar-refractivity contribution is 5.97. The molecule has 0 aliphatic carbocycles. The lowest BCUT2D eigenvalue weighted by molar-refractivity contribution is 0.0991. The van der Waals surface area contributed by atoms with Crippen molar-refractivity contribution in [3.05, 3.63) is 60.3 Å². The zero-order valence-corrected chi connectivity index (χ0v) is 19.4. The number of benzene rings is 1. The van der Waals surface area contributed by atoms with E-state index in [0.29, 0.717) is 17.3 Å². The molecule has 5 rings (SSSR count). The fraction of sp³-hybridized carbons (Fsp3) is 0.360. The van der Waals surface area contributed by atoms with Crippen LogP contribution in [0.1, 0.15) is 48.8 Å². The zero-order chi connectivity index (χ0) is 23.5. The largest absolute Gasteiger partial charge is 0.366 e. The minimum atomic E-state index is -0.0285. The van der Waals surface area contributed by atoms with Crippen molar-refractivity contribution in [2.45, 2.75) is 45.2 Å². The van der Waals surface area contributed by atoms with E-state index in [4.69, 9.17) is 4.98 Å². The minimum Gasteiger partial charge on any atom is -0.366 e. The summed E-state index contributed by atoms with van der Waals surface area (Å²) in [6, 6.07) is 8.45. The van der Waals surface area contributed by atoms with Crippen molar-refractivity contribution in [3.8, 4) is 11.3 Å². The molecule has 1 aliphatic rings. The molecule has 9 nitrogen and oxygen atoms in total. The van der Waals surface area contributed by atoms with Gasteiger partial charge in [0.1, 0.15) is 5.82 Å². The molecule has 174 valence electrons. The normalized spacial score (nSPS) is 14.6. The number of carbonyl (C=O) groups is 1. The highest BCUT2D eigenvalue weighted by Crippen LogP contribution is 2.23. The van der Waals surface area contributed by atoms with Gasteiger partial charge in [0.05, 0.1) is 47.5 Å². The number of hydrogen-bond donors (Lipinski definition) is 2. The van der Waals surface area contributed by atoms with Crippen LogP contribution >= 0.6 is 0 Å². The number of aromatic nitrogens is 6. The Balaban J connectivity index is 1.35. The molecule has 0 bridgehead atoms. The molecule has 0 amide bonds. The van der Waals surface area contributed by atoms with Crippen molar-refractivity contribution in [1.29, 1.82) is 0 Å². The summed E-state index contributed by atoms with van der Waals surface area (Å²) in [7, 11) is 0. The maximum Gasteiger partial charge on any atom is 0.172 e. The number of ketones is 1. The Morgan fingerprint density at radius 3 is 2.79 bits per heavy atom. The molecule has 0 unspecified atom stereocenters. The first kappa shape index (κ1) is 22.1. The molecule has 1 saturated heterocycles. The van der Waals surface area contributed by atoms with E-state index in [1.54, 1.807) is 29.5 Å². The monoisotopic (exact) mass is 456 g/mol. The van der Waals surface area contributed by atoms with Crippen LogP contribution in [0.15, 0.2) is 49.1 Å². The van der Waals surface area contributed by atoms with Crippen molar-refractivity contribution < 1.29 is 4.79 Å². The Labute approximate surface area is 198 Å². The molecule has 1 fully saturated rings. The van der Waals surface area contributed by atoms with Gasteiger partial charge in [-0.1, -0.05) is 6.07 Å². The van der Waals surface area contributed by atoms with Gasteiger partial charge in [-0.25, -0.2) is 4.98 Å². The maximum atomic E-state index is 12.7. The summed E-state index contributed by atoms with van der Waals surface area (Å²) in [5.74, 6) is 0.754. The van der Waals surface area contributed by atoms with Gasteiger partial charge in [-0.2, -0.15) is 15.3 Å². The fourth-order valence-electron chi connectivity index (χ4n) is 4.11. The molecule has 0 atom stereocenters. The molecule has 34 heavy (non-hydrogen) atoms. The average Bonchev–Trinajstić information content (AvgIpc) is 3.36. The van der Waals surface area contributed by atoms with Crippen LogP contribution in [0, 0.1) is 0 Å². The molecule has 3 aromatic heterocycles. The van der Waals surface area contributed by atoms with Crippen LogP contribution in [-0.2, 0) is 6.42 Å². The Morgan fingerprint density at radius 2 is 2.00 bits per heavy atom. The number of Topliss-reactive ketones (excluding diaryl/α,β-unsaturated/α-hetero) is 1. The molecule has 1 aromatic carbocycles. The third-order valence-electron chi connectivity index (χ3n) is 6.05. The quantitative estimate of drug-likeness (QED) is 0.407. The first-order valence-electron chi connectivity index (χ1n) is 11.7. The van der Waals surface area contributed by atoms with Gasteiger partial charge in [-0.05, 0) is 58.0 Å². The SMILES string of the molecule is CC(C)n1cc(C(=O)Cc2cc3cc(-c4cncc(NC5CCNCC5)n4)ccc3nn2)cn1. The summed E-state index contributed by atoms with van der Waals surface area (Å²) >= 11 is 0. The van der Waals surface area contributed by atoms with Crippen molar-refractivity contribution in [2.75, 3.05) is 18.4 Å². The number of anilines is 1. The molecular formula is C25H28N8O. The third kappa shape index (κ3) is 4.94. The van der Waals surface area contributed by atoms with Crippen LogP contribution in [0.5, 0.6) is 0 Å². The standard InChI is InChI=1S/C25H28N8O/c1-16(2)33-15-19(12-28-33)24(34)11-21-10-18-9-17(3-4-22(18)32-31-21)23-13-27-14-25(30-23)29-20-5-7-26-8-6-20/h3-4,9-10,12-16,20,26H,5-8,11H2,1-2H3,(H,29,30).